The normalized spacial score (nSPS) is 11.4. The van der Waals surface area contributed by atoms with Crippen molar-refractivity contribution >= 4 is 53.4 Å². The van der Waals surface area contributed by atoms with Crippen LogP contribution in [0.2, 0.25) is 5.02 Å². The average Bonchev–Trinajstić information content (AvgIpc) is 3.40. The minimum absolute atomic E-state index is 0.0162. The predicted molar refractivity (Wildman–Crippen MR) is 138 cm³/mol. The molecule has 200 valence electrons. The first-order chi connectivity index (χ1) is 18.2. The van der Waals surface area contributed by atoms with E-state index in [1.54, 1.807) is 48.5 Å². The van der Waals surface area contributed by atoms with Crippen molar-refractivity contribution in [3.63, 3.8) is 0 Å². The molecule has 3 amide bonds. The minimum atomic E-state index is -2.09. The van der Waals surface area contributed by atoms with E-state index in [0.717, 1.165) is 16.2 Å². The van der Waals surface area contributed by atoms with E-state index in [-0.39, 0.29) is 23.0 Å². The number of carboxylic acids is 1. The predicted octanol–water partition coefficient (Wildman–Crippen LogP) is 2.74. The van der Waals surface area contributed by atoms with Gasteiger partial charge in [0.15, 0.2) is 0 Å². The number of halogens is 1. The number of aromatic nitrogens is 1. The van der Waals surface area contributed by atoms with Gasteiger partial charge in [0, 0.05) is 5.02 Å². The number of ether oxygens (including phenoxy) is 1. The maximum atomic E-state index is 13.1. The smallest absolute Gasteiger partial charge is 0.347 e. The van der Waals surface area contributed by atoms with Gasteiger partial charge in [-0.05, 0) is 42.0 Å². The van der Waals surface area contributed by atoms with Crippen molar-refractivity contribution in [3.8, 4) is 10.9 Å². The highest BCUT2D eigenvalue weighted by Crippen LogP contribution is 2.28. The van der Waals surface area contributed by atoms with Crippen LogP contribution in [0.5, 0.6) is 10.9 Å². The fourth-order valence-electron chi connectivity index (χ4n) is 2.97. The van der Waals surface area contributed by atoms with Crippen molar-refractivity contribution in [2.24, 2.45) is 4.99 Å². The third-order valence-electron chi connectivity index (χ3n) is 5.02. The van der Waals surface area contributed by atoms with Crippen LogP contribution < -0.4 is 4.74 Å². The molecule has 0 saturated heterocycles. The van der Waals surface area contributed by atoms with E-state index < -0.39 is 37.4 Å². The molecule has 0 radical (unpaired) electrons. The van der Waals surface area contributed by atoms with Crippen LogP contribution in [0.4, 0.5) is 10.5 Å². The third-order valence-corrected chi connectivity index (χ3v) is 6.14. The summed E-state index contributed by atoms with van der Waals surface area (Å²) in [4.78, 5) is 45.7. The molecule has 0 unspecified atom stereocenters. The fourth-order valence-corrected chi connectivity index (χ4v) is 3.72. The van der Waals surface area contributed by atoms with E-state index in [1.807, 2.05) is 0 Å². The van der Waals surface area contributed by atoms with Crippen molar-refractivity contribution in [1.29, 1.82) is 0 Å². The summed E-state index contributed by atoms with van der Waals surface area (Å²) in [5, 5.41) is 38.5. The van der Waals surface area contributed by atoms with E-state index in [9.17, 15) is 29.7 Å². The van der Waals surface area contributed by atoms with Crippen LogP contribution in [0.15, 0.2) is 59.7 Å². The summed E-state index contributed by atoms with van der Waals surface area (Å²) in [6.45, 7) is -2.42. The number of rotatable bonds is 12. The van der Waals surface area contributed by atoms with Gasteiger partial charge in [0.05, 0.1) is 44.5 Å². The lowest BCUT2D eigenvalue weighted by molar-refractivity contribution is -0.122. The topological polar surface area (TPSA) is 173 Å². The molecule has 0 aliphatic carbocycles. The lowest BCUT2D eigenvalue weighted by atomic mass is 10.1. The summed E-state index contributed by atoms with van der Waals surface area (Å²) >= 11 is 6.81. The number of aliphatic hydroxyl groups is 3. The van der Waals surface area contributed by atoms with Gasteiger partial charge in [0.1, 0.15) is 16.2 Å². The van der Waals surface area contributed by atoms with Gasteiger partial charge in [-0.25, -0.2) is 19.6 Å². The average molecular weight is 563 g/mol. The van der Waals surface area contributed by atoms with Gasteiger partial charge in [0.25, 0.3) is 5.19 Å². The van der Waals surface area contributed by atoms with Crippen molar-refractivity contribution < 1.29 is 39.5 Å². The molecule has 0 saturated carbocycles. The molecular weight excluding hydrogens is 540 g/mol. The second kappa shape index (κ2) is 13.1. The molecule has 14 heteroatoms. The Hall–Kier alpha value is -3.88. The maximum absolute atomic E-state index is 13.1. The third kappa shape index (κ3) is 7.81. The number of hydrogen-bond donors (Lipinski definition) is 4. The van der Waals surface area contributed by atoms with Crippen LogP contribution in [0, 0.1) is 0 Å². The molecule has 1 heterocycles. The van der Waals surface area contributed by atoms with Crippen LogP contribution in [0.25, 0.3) is 0 Å². The van der Waals surface area contributed by atoms with Gasteiger partial charge < -0.3 is 25.2 Å². The summed E-state index contributed by atoms with van der Waals surface area (Å²) in [6.07, 6.45) is 2.57. The molecule has 0 spiro atoms. The zero-order valence-corrected chi connectivity index (χ0v) is 21.2. The van der Waals surface area contributed by atoms with Gasteiger partial charge in [-0.15, -0.1) is 0 Å². The van der Waals surface area contributed by atoms with Crippen molar-refractivity contribution in [3.05, 3.63) is 70.2 Å². The molecule has 2 aromatic carbocycles. The molecule has 0 fully saturated rings. The molecule has 3 aromatic rings. The number of benzene rings is 2. The maximum Gasteiger partial charge on any atom is 0.347 e. The molecule has 4 N–H and O–H groups in total. The molecule has 0 aliphatic rings. The van der Waals surface area contributed by atoms with Crippen LogP contribution in [-0.2, 0) is 11.3 Å². The lowest BCUT2D eigenvalue weighted by Crippen LogP contribution is -2.52. The quantitative estimate of drug-likeness (QED) is 0.147. The van der Waals surface area contributed by atoms with Crippen LogP contribution in [0.3, 0.4) is 0 Å². The van der Waals surface area contributed by atoms with E-state index in [1.165, 1.54) is 12.5 Å². The van der Waals surface area contributed by atoms with Gasteiger partial charge in [-0.3, -0.25) is 14.6 Å². The number of carboxylic acid groups (broad SMARTS) is 1. The Bertz CT molecular complexity index is 1280. The summed E-state index contributed by atoms with van der Waals surface area (Å²) in [7, 11) is 0. The number of aromatic carboxylic acids is 1. The number of aliphatic imine (C=N–C) groups is 1. The largest absolute Gasteiger partial charge is 0.477 e. The highest BCUT2D eigenvalue weighted by molar-refractivity contribution is 7.15. The van der Waals surface area contributed by atoms with E-state index >= 15 is 0 Å². The molecule has 0 aliphatic heterocycles. The summed E-state index contributed by atoms with van der Waals surface area (Å²) < 4.78 is 5.54. The van der Waals surface area contributed by atoms with E-state index in [0.29, 0.717) is 26.9 Å². The Labute approximate surface area is 225 Å². The molecule has 1 aromatic heterocycles. The molecule has 38 heavy (non-hydrogen) atoms. The van der Waals surface area contributed by atoms with Crippen LogP contribution >= 0.6 is 22.9 Å². The number of imide groups is 1. The zero-order valence-electron chi connectivity index (χ0n) is 19.7. The fraction of sp³-hybridized carbons (Fsp3) is 0.208. The number of aliphatic hydroxyl groups excluding tert-OH is 2. The number of thiazole rings is 1. The van der Waals surface area contributed by atoms with Gasteiger partial charge in [-0.1, -0.05) is 35.1 Å². The number of amides is 3. The minimum Gasteiger partial charge on any atom is -0.477 e. The first kappa shape index (κ1) is 28.7. The number of carbonyl (C=O) groups excluding carboxylic acids is 2. The van der Waals surface area contributed by atoms with Crippen molar-refractivity contribution in [2.75, 3.05) is 19.8 Å². The van der Waals surface area contributed by atoms with Gasteiger partial charge in [-0.2, -0.15) is 0 Å². The molecular formula is C24H23ClN4O8S. The zero-order chi connectivity index (χ0) is 27.7. The van der Waals surface area contributed by atoms with Gasteiger partial charge >= 0.3 is 12.0 Å². The number of carbonyl (C=O) groups is 3. The Morgan fingerprint density at radius 3 is 2.29 bits per heavy atom. The van der Waals surface area contributed by atoms with E-state index in [2.05, 4.69) is 9.98 Å². The Morgan fingerprint density at radius 2 is 1.74 bits per heavy atom. The monoisotopic (exact) mass is 562 g/mol. The first-order valence-corrected chi connectivity index (χ1v) is 12.1. The first-order valence-electron chi connectivity index (χ1n) is 10.9. The molecule has 0 bridgehead atoms. The SMILES string of the molecule is O=CN(CC(O)(CO)CO)C(=O)N(C=Nc1ccc(Oc2ncc(C(=O)O)s2)cc1)Cc1ccc(Cl)cc1. The van der Waals surface area contributed by atoms with Crippen molar-refractivity contribution in [2.45, 2.75) is 12.1 Å². The second-order valence-corrected chi connectivity index (χ2v) is 9.38. The lowest BCUT2D eigenvalue weighted by Gasteiger charge is -2.30. The summed E-state index contributed by atoms with van der Waals surface area (Å²) in [5.74, 6) is -0.728. The molecule has 0 atom stereocenters. The Morgan fingerprint density at radius 1 is 1.08 bits per heavy atom. The van der Waals surface area contributed by atoms with Crippen LogP contribution in [0.1, 0.15) is 15.2 Å². The Kier molecular flexibility index (Phi) is 9.87. The molecule has 3 rings (SSSR count). The standard InChI is InChI=1S/C24H23ClN4O8S/c25-17-3-1-16(2-4-17)10-28(23(35)29(15-32)11-24(36,12-30)13-31)14-27-18-5-7-19(8-6-18)37-22-26-9-20(38-22)21(33)34/h1-9,14-15,30-31,36H,10-13H2,(H,33,34). The van der Waals surface area contributed by atoms with Crippen molar-refractivity contribution in [1.82, 2.24) is 14.8 Å². The number of urea groups is 1. The van der Waals surface area contributed by atoms with Gasteiger partial charge in [0.2, 0.25) is 6.41 Å². The molecule has 12 nitrogen and oxygen atoms in total. The van der Waals surface area contributed by atoms with E-state index in [4.69, 9.17) is 21.4 Å². The highest BCUT2D eigenvalue weighted by Gasteiger charge is 2.32. The highest BCUT2D eigenvalue weighted by atomic mass is 35.5. The summed E-state index contributed by atoms with van der Waals surface area (Å²) in [5.41, 5.74) is -1.01. The Balaban J connectivity index is 1.79. The van der Waals surface area contributed by atoms with Crippen LogP contribution in [-0.4, -0.2) is 85.3 Å². The summed E-state index contributed by atoms with van der Waals surface area (Å²) in [6, 6.07) is 12.1. The number of hydrogen-bond acceptors (Lipinski definition) is 10. The number of nitrogens with zero attached hydrogens (tertiary/aromatic N) is 4. The second-order valence-electron chi connectivity index (χ2n) is 7.95.